The van der Waals surface area contributed by atoms with E-state index in [1.807, 2.05) is 26.0 Å². The topological polar surface area (TPSA) is 49.7 Å². The van der Waals surface area contributed by atoms with Gasteiger partial charge >= 0.3 is 0 Å². The highest BCUT2D eigenvalue weighted by atomic mass is 16.5. The number of benzene rings is 1. The Hall–Kier alpha value is -1.06. The van der Waals surface area contributed by atoms with Gasteiger partial charge in [0, 0.05) is 5.56 Å². The van der Waals surface area contributed by atoms with Crippen LogP contribution in [0.4, 0.5) is 0 Å². The maximum absolute atomic E-state index is 10.0. The molecule has 0 amide bonds. The lowest BCUT2D eigenvalue weighted by Gasteiger charge is -2.27. The van der Waals surface area contributed by atoms with Gasteiger partial charge in [0.05, 0.1) is 12.2 Å². The second-order valence-corrected chi connectivity index (χ2v) is 4.57. The van der Waals surface area contributed by atoms with Gasteiger partial charge in [-0.25, -0.2) is 0 Å². The molecular formula is C13H20O3. The van der Waals surface area contributed by atoms with Crippen molar-refractivity contribution in [3.63, 3.8) is 0 Å². The Morgan fingerprint density at radius 3 is 2.50 bits per heavy atom. The van der Waals surface area contributed by atoms with E-state index in [9.17, 15) is 5.11 Å². The van der Waals surface area contributed by atoms with Crippen molar-refractivity contribution in [1.82, 2.24) is 0 Å². The van der Waals surface area contributed by atoms with E-state index in [0.29, 0.717) is 5.75 Å². The average molecular weight is 224 g/mol. The predicted molar refractivity (Wildman–Crippen MR) is 63.3 cm³/mol. The lowest BCUT2D eigenvalue weighted by Crippen LogP contribution is -2.37. The SMILES string of the molecule is CC(C)C(C)(O)COc1ccccc1CO. The normalized spacial score (nSPS) is 14.9. The molecule has 1 aromatic carbocycles. The van der Waals surface area contributed by atoms with Gasteiger partial charge in [-0.05, 0) is 18.9 Å². The molecule has 16 heavy (non-hydrogen) atoms. The summed E-state index contributed by atoms with van der Waals surface area (Å²) in [7, 11) is 0. The second kappa shape index (κ2) is 5.32. The monoisotopic (exact) mass is 224 g/mol. The molecule has 0 saturated heterocycles. The fourth-order valence-corrected chi connectivity index (χ4v) is 1.17. The largest absolute Gasteiger partial charge is 0.490 e. The van der Waals surface area contributed by atoms with E-state index in [4.69, 9.17) is 9.84 Å². The first-order chi connectivity index (χ1) is 7.47. The second-order valence-electron chi connectivity index (χ2n) is 4.57. The third-order valence-electron chi connectivity index (χ3n) is 2.91. The average Bonchev–Trinajstić information content (AvgIpc) is 2.26. The Balaban J connectivity index is 2.67. The summed E-state index contributed by atoms with van der Waals surface area (Å²) < 4.78 is 5.54. The molecule has 0 aliphatic heterocycles. The quantitative estimate of drug-likeness (QED) is 0.804. The van der Waals surface area contributed by atoms with Gasteiger partial charge < -0.3 is 14.9 Å². The highest BCUT2D eigenvalue weighted by Crippen LogP contribution is 2.22. The van der Waals surface area contributed by atoms with Crippen LogP contribution in [0.25, 0.3) is 0 Å². The summed E-state index contributed by atoms with van der Waals surface area (Å²) in [5.74, 6) is 0.750. The highest BCUT2D eigenvalue weighted by Gasteiger charge is 2.26. The molecule has 3 nitrogen and oxygen atoms in total. The maximum Gasteiger partial charge on any atom is 0.124 e. The minimum atomic E-state index is -0.859. The molecule has 0 fully saturated rings. The van der Waals surface area contributed by atoms with Crippen molar-refractivity contribution >= 4 is 0 Å². The van der Waals surface area contributed by atoms with Crippen LogP contribution in [0.5, 0.6) is 5.75 Å². The summed E-state index contributed by atoms with van der Waals surface area (Å²) in [6.07, 6.45) is 0. The third-order valence-corrected chi connectivity index (χ3v) is 2.91. The zero-order valence-corrected chi connectivity index (χ0v) is 10.1. The van der Waals surface area contributed by atoms with Crippen LogP contribution in [0, 0.1) is 5.92 Å². The molecule has 0 saturated carbocycles. The van der Waals surface area contributed by atoms with E-state index in [1.165, 1.54) is 0 Å². The summed E-state index contributed by atoms with van der Waals surface area (Å²) in [5.41, 5.74) is -0.121. The number of aliphatic hydroxyl groups excluding tert-OH is 1. The Labute approximate surface area is 96.7 Å². The molecule has 0 aromatic heterocycles. The Morgan fingerprint density at radius 2 is 1.94 bits per heavy atom. The first-order valence-electron chi connectivity index (χ1n) is 5.51. The smallest absolute Gasteiger partial charge is 0.124 e. The number of rotatable bonds is 5. The number of hydrogen-bond donors (Lipinski definition) is 2. The molecule has 0 aliphatic carbocycles. The molecule has 1 aromatic rings. The van der Waals surface area contributed by atoms with Crippen molar-refractivity contribution in [2.75, 3.05) is 6.61 Å². The lowest BCUT2D eigenvalue weighted by atomic mass is 9.94. The van der Waals surface area contributed by atoms with Gasteiger partial charge in [0.1, 0.15) is 12.4 Å². The van der Waals surface area contributed by atoms with Gasteiger partial charge in [-0.1, -0.05) is 32.0 Å². The maximum atomic E-state index is 10.0. The van der Waals surface area contributed by atoms with Gasteiger partial charge in [-0.3, -0.25) is 0 Å². The molecule has 1 atom stereocenters. The van der Waals surface area contributed by atoms with Crippen LogP contribution in [0.15, 0.2) is 24.3 Å². The van der Waals surface area contributed by atoms with Gasteiger partial charge in [0.2, 0.25) is 0 Å². The minimum absolute atomic E-state index is 0.0556. The summed E-state index contributed by atoms with van der Waals surface area (Å²) in [5, 5.41) is 19.1. The van der Waals surface area contributed by atoms with E-state index in [1.54, 1.807) is 19.1 Å². The standard InChI is InChI=1S/C13H20O3/c1-10(2)13(3,15)9-16-12-7-5-4-6-11(12)8-14/h4-7,10,14-15H,8-9H2,1-3H3. The van der Waals surface area contributed by atoms with Gasteiger partial charge in [-0.2, -0.15) is 0 Å². The highest BCUT2D eigenvalue weighted by molar-refractivity contribution is 5.32. The molecule has 1 rings (SSSR count). The van der Waals surface area contributed by atoms with Crippen LogP contribution in [0.2, 0.25) is 0 Å². The number of hydrogen-bond acceptors (Lipinski definition) is 3. The van der Waals surface area contributed by atoms with Crippen molar-refractivity contribution in [1.29, 1.82) is 0 Å². The summed E-state index contributed by atoms with van der Waals surface area (Å²) in [6.45, 7) is 5.81. The van der Waals surface area contributed by atoms with Crippen molar-refractivity contribution in [2.24, 2.45) is 5.92 Å². The van der Waals surface area contributed by atoms with Crippen LogP contribution in [0.3, 0.4) is 0 Å². The van der Waals surface area contributed by atoms with Crippen LogP contribution in [-0.2, 0) is 6.61 Å². The number of para-hydroxylation sites is 1. The zero-order chi connectivity index (χ0) is 12.2. The first kappa shape index (κ1) is 13.0. The van der Waals surface area contributed by atoms with E-state index >= 15 is 0 Å². The molecule has 0 heterocycles. The van der Waals surface area contributed by atoms with Crippen LogP contribution < -0.4 is 4.74 Å². The fraction of sp³-hybridized carbons (Fsp3) is 0.538. The van der Waals surface area contributed by atoms with Crippen molar-refractivity contribution < 1.29 is 14.9 Å². The molecule has 0 radical (unpaired) electrons. The van der Waals surface area contributed by atoms with E-state index < -0.39 is 5.60 Å². The van der Waals surface area contributed by atoms with Gasteiger partial charge in [-0.15, -0.1) is 0 Å². The van der Waals surface area contributed by atoms with Crippen LogP contribution in [-0.4, -0.2) is 22.4 Å². The molecule has 0 spiro atoms. The summed E-state index contributed by atoms with van der Waals surface area (Å²) >= 11 is 0. The Bertz CT molecular complexity index is 332. The Kier molecular flexibility index (Phi) is 4.33. The first-order valence-corrected chi connectivity index (χ1v) is 5.51. The van der Waals surface area contributed by atoms with Crippen molar-refractivity contribution in [3.05, 3.63) is 29.8 Å². The number of aliphatic hydroxyl groups is 2. The summed E-state index contributed by atoms with van der Waals surface area (Å²) in [4.78, 5) is 0. The van der Waals surface area contributed by atoms with E-state index in [2.05, 4.69) is 0 Å². The van der Waals surface area contributed by atoms with E-state index in [0.717, 1.165) is 5.56 Å². The van der Waals surface area contributed by atoms with Crippen LogP contribution >= 0.6 is 0 Å². The van der Waals surface area contributed by atoms with Crippen molar-refractivity contribution in [3.8, 4) is 5.75 Å². The zero-order valence-electron chi connectivity index (χ0n) is 10.1. The Morgan fingerprint density at radius 1 is 1.31 bits per heavy atom. The molecule has 1 unspecified atom stereocenters. The molecule has 2 N–H and O–H groups in total. The fourth-order valence-electron chi connectivity index (χ4n) is 1.17. The minimum Gasteiger partial charge on any atom is -0.490 e. The molecular weight excluding hydrogens is 204 g/mol. The van der Waals surface area contributed by atoms with Crippen LogP contribution in [0.1, 0.15) is 26.3 Å². The predicted octanol–water partition coefficient (Wildman–Crippen LogP) is 1.96. The summed E-state index contributed by atoms with van der Waals surface area (Å²) in [6, 6.07) is 7.29. The van der Waals surface area contributed by atoms with Gasteiger partial charge in [0.25, 0.3) is 0 Å². The third kappa shape index (κ3) is 3.22. The molecule has 90 valence electrons. The van der Waals surface area contributed by atoms with Gasteiger partial charge in [0.15, 0.2) is 0 Å². The molecule has 3 heteroatoms. The van der Waals surface area contributed by atoms with Crippen molar-refractivity contribution in [2.45, 2.75) is 33.0 Å². The lowest BCUT2D eigenvalue weighted by molar-refractivity contribution is -0.0271. The molecule has 0 aliphatic rings. The van der Waals surface area contributed by atoms with E-state index in [-0.39, 0.29) is 19.1 Å². The molecule has 0 bridgehead atoms. The number of ether oxygens (including phenoxy) is 1.